The molecule has 1 saturated heterocycles. The molecular formula is C11H26N2OSi. The summed E-state index contributed by atoms with van der Waals surface area (Å²) < 4.78 is 6.20. The Morgan fingerprint density at radius 2 is 2.20 bits per heavy atom. The summed E-state index contributed by atoms with van der Waals surface area (Å²) in [5.74, 6) is 0. The van der Waals surface area contributed by atoms with Crippen LogP contribution in [0, 0.1) is 0 Å². The highest BCUT2D eigenvalue weighted by molar-refractivity contribution is 6.71. The van der Waals surface area contributed by atoms with Gasteiger partial charge < -0.3 is 10.3 Å². The van der Waals surface area contributed by atoms with Crippen LogP contribution < -0.4 is 5.73 Å². The summed E-state index contributed by atoms with van der Waals surface area (Å²) in [6.07, 6.45) is 5.00. The quantitative estimate of drug-likeness (QED) is 0.712. The molecule has 0 amide bonds. The van der Waals surface area contributed by atoms with Crippen LogP contribution in [0.3, 0.4) is 0 Å². The summed E-state index contributed by atoms with van der Waals surface area (Å²) in [6.45, 7) is 8.68. The van der Waals surface area contributed by atoms with Crippen molar-refractivity contribution < 1.29 is 4.53 Å². The summed E-state index contributed by atoms with van der Waals surface area (Å²) in [7, 11) is -1.48. The first-order valence-electron chi connectivity index (χ1n) is 6.25. The van der Waals surface area contributed by atoms with E-state index in [1.807, 2.05) is 0 Å². The van der Waals surface area contributed by atoms with Crippen molar-refractivity contribution >= 4 is 8.32 Å². The maximum Gasteiger partial charge on any atom is 0.215 e. The molecule has 4 heteroatoms. The van der Waals surface area contributed by atoms with Gasteiger partial charge in [-0.1, -0.05) is 19.8 Å². The highest BCUT2D eigenvalue weighted by Gasteiger charge is 2.31. The molecule has 1 fully saturated rings. The smallest absolute Gasteiger partial charge is 0.215 e. The summed E-state index contributed by atoms with van der Waals surface area (Å²) in [5, 5.41) is 2.17. The number of hydrogen-bond donors (Lipinski definition) is 1. The van der Waals surface area contributed by atoms with Crippen LogP contribution in [-0.2, 0) is 4.53 Å². The number of hydroxylamine groups is 2. The number of nitrogens with two attached hydrogens (primary N) is 1. The Morgan fingerprint density at radius 1 is 1.47 bits per heavy atom. The fraction of sp³-hybridized carbons (Fsp3) is 1.00. The maximum absolute atomic E-state index is 6.20. The average Bonchev–Trinajstić information content (AvgIpc) is 2.61. The lowest BCUT2D eigenvalue weighted by molar-refractivity contribution is -0.0782. The molecule has 0 aromatic carbocycles. The van der Waals surface area contributed by atoms with Crippen LogP contribution in [-0.4, -0.2) is 32.5 Å². The molecule has 1 aliphatic heterocycles. The van der Waals surface area contributed by atoms with Gasteiger partial charge in [0.2, 0.25) is 8.32 Å². The third-order valence-electron chi connectivity index (χ3n) is 3.09. The summed E-state index contributed by atoms with van der Waals surface area (Å²) >= 11 is 0. The Morgan fingerprint density at radius 3 is 2.80 bits per heavy atom. The zero-order valence-electron chi connectivity index (χ0n) is 10.5. The Balaban J connectivity index is 2.38. The van der Waals surface area contributed by atoms with E-state index in [0.29, 0.717) is 6.04 Å². The molecule has 0 spiro atoms. The standard InChI is InChI=1S/C11H26N2OSi/c1-4-5-9-15(2,3)14-13-8-6-7-11(13)10-12/h11H,4-10,12H2,1-3H3/t11-/m0/s1. The molecule has 1 aliphatic rings. The molecule has 15 heavy (non-hydrogen) atoms. The van der Waals surface area contributed by atoms with Crippen molar-refractivity contribution in [3.05, 3.63) is 0 Å². The Kier molecular flexibility index (Phi) is 5.25. The second-order valence-electron chi connectivity index (χ2n) is 5.13. The summed E-state index contributed by atoms with van der Waals surface area (Å²) in [6, 6.07) is 1.73. The summed E-state index contributed by atoms with van der Waals surface area (Å²) in [4.78, 5) is 0. The van der Waals surface area contributed by atoms with Crippen LogP contribution in [0.15, 0.2) is 0 Å². The van der Waals surface area contributed by atoms with Crippen LogP contribution in [0.4, 0.5) is 0 Å². The minimum atomic E-state index is -1.48. The molecule has 2 N–H and O–H groups in total. The van der Waals surface area contributed by atoms with E-state index in [1.54, 1.807) is 0 Å². The van der Waals surface area contributed by atoms with Crippen LogP contribution in [0.25, 0.3) is 0 Å². The lowest BCUT2D eigenvalue weighted by Crippen LogP contribution is -2.44. The fourth-order valence-electron chi connectivity index (χ4n) is 2.13. The third kappa shape index (κ3) is 4.22. The lowest BCUT2D eigenvalue weighted by atomic mass is 10.2. The normalized spacial score (nSPS) is 23.6. The number of hydrogen-bond acceptors (Lipinski definition) is 3. The molecule has 1 atom stereocenters. The fourth-order valence-corrected chi connectivity index (χ4v) is 4.30. The first-order valence-corrected chi connectivity index (χ1v) is 9.36. The Labute approximate surface area is 95.1 Å². The van der Waals surface area contributed by atoms with Crippen LogP contribution in [0.1, 0.15) is 32.6 Å². The molecule has 0 saturated carbocycles. The molecule has 0 bridgehead atoms. The van der Waals surface area contributed by atoms with Gasteiger partial charge in [0.1, 0.15) is 0 Å². The monoisotopic (exact) mass is 230 g/mol. The van der Waals surface area contributed by atoms with Gasteiger partial charge in [0, 0.05) is 19.1 Å². The van der Waals surface area contributed by atoms with Crippen molar-refractivity contribution in [3.8, 4) is 0 Å². The number of unbranched alkanes of at least 4 members (excludes halogenated alkanes) is 1. The van der Waals surface area contributed by atoms with Crippen molar-refractivity contribution in [2.45, 2.75) is 57.8 Å². The number of nitrogens with zero attached hydrogens (tertiary/aromatic N) is 1. The van der Waals surface area contributed by atoms with Crippen molar-refractivity contribution in [2.75, 3.05) is 13.1 Å². The minimum Gasteiger partial charge on any atom is -0.343 e. The van der Waals surface area contributed by atoms with Gasteiger partial charge in [0.05, 0.1) is 0 Å². The van der Waals surface area contributed by atoms with Crippen molar-refractivity contribution in [2.24, 2.45) is 5.73 Å². The zero-order chi connectivity index (χ0) is 11.3. The highest BCUT2D eigenvalue weighted by atomic mass is 28.4. The minimum absolute atomic E-state index is 0.471. The molecule has 0 aromatic heterocycles. The van der Waals surface area contributed by atoms with E-state index in [1.165, 1.54) is 31.7 Å². The molecule has 0 aliphatic carbocycles. The molecule has 90 valence electrons. The molecule has 1 heterocycles. The van der Waals surface area contributed by atoms with Gasteiger partial charge in [0.15, 0.2) is 0 Å². The van der Waals surface area contributed by atoms with Crippen molar-refractivity contribution in [1.82, 2.24) is 5.06 Å². The first-order chi connectivity index (χ1) is 7.09. The largest absolute Gasteiger partial charge is 0.343 e. The van der Waals surface area contributed by atoms with E-state index in [2.05, 4.69) is 25.1 Å². The SMILES string of the molecule is CCCC[Si](C)(C)ON1CCC[C@H]1CN. The highest BCUT2D eigenvalue weighted by Crippen LogP contribution is 2.23. The second kappa shape index (κ2) is 5.99. The van der Waals surface area contributed by atoms with Gasteiger partial charge in [-0.2, -0.15) is 5.06 Å². The molecule has 1 rings (SSSR count). The second-order valence-corrected chi connectivity index (χ2v) is 9.33. The predicted molar refractivity (Wildman–Crippen MR) is 67.1 cm³/mol. The van der Waals surface area contributed by atoms with E-state index >= 15 is 0 Å². The van der Waals surface area contributed by atoms with Crippen LogP contribution in [0.5, 0.6) is 0 Å². The van der Waals surface area contributed by atoms with Gasteiger partial charge in [0.25, 0.3) is 0 Å². The van der Waals surface area contributed by atoms with E-state index < -0.39 is 8.32 Å². The van der Waals surface area contributed by atoms with Gasteiger partial charge in [-0.3, -0.25) is 0 Å². The van der Waals surface area contributed by atoms with E-state index in [4.69, 9.17) is 10.3 Å². The Hall–Kier alpha value is 0.0969. The van der Waals surface area contributed by atoms with Crippen molar-refractivity contribution in [1.29, 1.82) is 0 Å². The average molecular weight is 230 g/mol. The van der Waals surface area contributed by atoms with Gasteiger partial charge in [-0.15, -0.1) is 0 Å². The van der Waals surface area contributed by atoms with E-state index in [-0.39, 0.29) is 0 Å². The molecule has 0 unspecified atom stereocenters. The predicted octanol–water partition coefficient (Wildman–Crippen LogP) is 2.35. The van der Waals surface area contributed by atoms with E-state index in [9.17, 15) is 0 Å². The third-order valence-corrected chi connectivity index (χ3v) is 5.38. The zero-order valence-corrected chi connectivity index (χ0v) is 11.5. The Bertz CT molecular complexity index is 187. The molecular weight excluding hydrogens is 204 g/mol. The van der Waals surface area contributed by atoms with Gasteiger partial charge >= 0.3 is 0 Å². The molecule has 0 aromatic rings. The topological polar surface area (TPSA) is 38.5 Å². The van der Waals surface area contributed by atoms with E-state index in [0.717, 1.165) is 13.1 Å². The first kappa shape index (κ1) is 13.2. The van der Waals surface area contributed by atoms with Crippen LogP contribution >= 0.6 is 0 Å². The van der Waals surface area contributed by atoms with Crippen molar-refractivity contribution in [3.63, 3.8) is 0 Å². The molecule has 0 radical (unpaired) electrons. The summed E-state index contributed by atoms with van der Waals surface area (Å²) in [5.41, 5.74) is 5.74. The van der Waals surface area contributed by atoms with Gasteiger partial charge in [-0.05, 0) is 32.0 Å². The number of rotatable bonds is 6. The maximum atomic E-state index is 6.20. The molecule has 3 nitrogen and oxygen atoms in total. The van der Waals surface area contributed by atoms with Gasteiger partial charge in [-0.25, -0.2) is 0 Å². The lowest BCUT2D eigenvalue weighted by Gasteiger charge is -2.32. The van der Waals surface area contributed by atoms with Crippen LogP contribution in [0.2, 0.25) is 19.1 Å².